The van der Waals surface area contributed by atoms with Gasteiger partial charge in [0.15, 0.2) is 0 Å². The van der Waals surface area contributed by atoms with Gasteiger partial charge in [-0.25, -0.2) is 0 Å². The predicted molar refractivity (Wildman–Crippen MR) is 70.1 cm³/mol. The van der Waals surface area contributed by atoms with Crippen LogP contribution in [0, 0.1) is 5.92 Å². The second-order valence-corrected chi connectivity index (χ2v) is 5.26. The van der Waals surface area contributed by atoms with Crippen LogP contribution in [-0.2, 0) is 0 Å². The molecule has 1 aromatic carbocycles. The molecule has 1 aliphatic rings. The van der Waals surface area contributed by atoms with Crippen LogP contribution in [0.15, 0.2) is 33.8 Å². The standard InChI is InChI=1S/C12H12BrF3N2O/c1-7-10(6-19)18(17-11(7)12(14,15)16)9-4-2-8(13)3-5-9/h2-5,7,10,19H,6H2,1H3/t7-,10-/m0/s1. The summed E-state index contributed by atoms with van der Waals surface area (Å²) >= 11 is 3.26. The number of aliphatic hydroxyl groups excluding tert-OH is 1. The smallest absolute Gasteiger partial charge is 0.394 e. The van der Waals surface area contributed by atoms with E-state index in [2.05, 4.69) is 21.0 Å². The molecular formula is C12H12BrF3N2O. The first kappa shape index (κ1) is 14.3. The zero-order valence-electron chi connectivity index (χ0n) is 10.0. The minimum atomic E-state index is -4.48. The monoisotopic (exact) mass is 336 g/mol. The highest BCUT2D eigenvalue weighted by molar-refractivity contribution is 9.10. The summed E-state index contributed by atoms with van der Waals surface area (Å²) in [6.07, 6.45) is -4.48. The van der Waals surface area contributed by atoms with Gasteiger partial charge in [-0.3, -0.25) is 5.01 Å². The molecule has 2 atom stereocenters. The zero-order valence-corrected chi connectivity index (χ0v) is 11.6. The summed E-state index contributed by atoms with van der Waals surface area (Å²) in [6.45, 7) is 1.03. The Balaban J connectivity index is 2.38. The molecule has 0 unspecified atom stereocenters. The van der Waals surface area contributed by atoms with Crippen LogP contribution >= 0.6 is 15.9 Å². The van der Waals surface area contributed by atoms with Crippen LogP contribution in [-0.4, -0.2) is 29.6 Å². The Hall–Kier alpha value is -1.08. The Bertz CT molecular complexity index is 487. The summed E-state index contributed by atoms with van der Waals surface area (Å²) in [5.74, 6) is -0.867. The molecule has 0 saturated heterocycles. The molecule has 1 heterocycles. The van der Waals surface area contributed by atoms with Gasteiger partial charge in [0.05, 0.1) is 18.3 Å². The third kappa shape index (κ3) is 2.76. The van der Waals surface area contributed by atoms with Gasteiger partial charge in [-0.1, -0.05) is 22.9 Å². The van der Waals surface area contributed by atoms with Gasteiger partial charge in [0.2, 0.25) is 0 Å². The molecule has 2 rings (SSSR count). The molecule has 19 heavy (non-hydrogen) atoms. The Kier molecular flexibility index (Phi) is 3.87. The van der Waals surface area contributed by atoms with Gasteiger partial charge in [0, 0.05) is 10.4 Å². The van der Waals surface area contributed by atoms with E-state index >= 15 is 0 Å². The Morgan fingerprint density at radius 3 is 2.37 bits per heavy atom. The van der Waals surface area contributed by atoms with E-state index in [4.69, 9.17) is 0 Å². The van der Waals surface area contributed by atoms with Crippen LogP contribution in [0.5, 0.6) is 0 Å². The molecule has 1 N–H and O–H groups in total. The fourth-order valence-electron chi connectivity index (χ4n) is 2.07. The largest absolute Gasteiger partial charge is 0.431 e. The molecule has 7 heteroatoms. The SMILES string of the molecule is C[C@@H]1C(C(F)(F)F)=NN(c2ccc(Br)cc2)[C@H]1CO. The molecule has 1 aromatic rings. The fraction of sp³-hybridized carbons (Fsp3) is 0.417. The number of benzene rings is 1. The van der Waals surface area contributed by atoms with Crippen LogP contribution in [0.1, 0.15) is 6.92 Å². The first-order chi connectivity index (χ1) is 8.84. The van der Waals surface area contributed by atoms with Crippen molar-refractivity contribution in [3.05, 3.63) is 28.7 Å². The molecule has 0 aliphatic carbocycles. The topological polar surface area (TPSA) is 35.8 Å². The first-order valence-electron chi connectivity index (χ1n) is 5.66. The van der Waals surface area contributed by atoms with E-state index in [9.17, 15) is 18.3 Å². The summed E-state index contributed by atoms with van der Waals surface area (Å²) in [5.41, 5.74) is -0.331. The van der Waals surface area contributed by atoms with E-state index in [0.29, 0.717) is 5.69 Å². The molecule has 0 amide bonds. The number of hydrogen-bond acceptors (Lipinski definition) is 3. The van der Waals surface area contributed by atoms with Crippen molar-refractivity contribution in [3.63, 3.8) is 0 Å². The molecule has 0 saturated carbocycles. The molecule has 0 radical (unpaired) electrons. The molecule has 1 aliphatic heterocycles. The van der Waals surface area contributed by atoms with E-state index in [-0.39, 0.29) is 6.61 Å². The van der Waals surface area contributed by atoms with Crippen molar-refractivity contribution in [3.8, 4) is 0 Å². The lowest BCUT2D eigenvalue weighted by Gasteiger charge is -2.24. The number of hydrogen-bond donors (Lipinski definition) is 1. The van der Waals surface area contributed by atoms with Gasteiger partial charge in [0.1, 0.15) is 5.71 Å². The molecular weight excluding hydrogens is 325 g/mol. The van der Waals surface area contributed by atoms with E-state index in [1.807, 2.05) is 0 Å². The van der Waals surface area contributed by atoms with Gasteiger partial charge >= 0.3 is 6.18 Å². The van der Waals surface area contributed by atoms with Gasteiger partial charge < -0.3 is 5.11 Å². The third-order valence-corrected chi connectivity index (χ3v) is 3.64. The van der Waals surface area contributed by atoms with Crippen molar-refractivity contribution in [1.29, 1.82) is 0 Å². The zero-order chi connectivity index (χ0) is 14.2. The van der Waals surface area contributed by atoms with Crippen molar-refractivity contribution in [1.82, 2.24) is 0 Å². The highest BCUT2D eigenvalue weighted by atomic mass is 79.9. The van der Waals surface area contributed by atoms with Crippen LogP contribution in [0.2, 0.25) is 0 Å². The Morgan fingerprint density at radius 2 is 1.89 bits per heavy atom. The van der Waals surface area contributed by atoms with Crippen molar-refractivity contribution < 1.29 is 18.3 Å². The van der Waals surface area contributed by atoms with E-state index in [1.54, 1.807) is 24.3 Å². The lowest BCUT2D eigenvalue weighted by molar-refractivity contribution is -0.0621. The van der Waals surface area contributed by atoms with Gasteiger partial charge in [0.25, 0.3) is 0 Å². The summed E-state index contributed by atoms with van der Waals surface area (Å²) in [4.78, 5) is 0. The van der Waals surface area contributed by atoms with Crippen molar-refractivity contribution in [2.45, 2.75) is 19.1 Å². The van der Waals surface area contributed by atoms with Crippen LogP contribution in [0.25, 0.3) is 0 Å². The maximum atomic E-state index is 12.8. The first-order valence-corrected chi connectivity index (χ1v) is 6.45. The number of anilines is 1. The minimum absolute atomic E-state index is 0.389. The number of halogens is 4. The second-order valence-electron chi connectivity index (χ2n) is 4.34. The lowest BCUT2D eigenvalue weighted by Crippen LogP contribution is -2.37. The van der Waals surface area contributed by atoms with Crippen molar-refractivity contribution in [2.75, 3.05) is 11.6 Å². The average molecular weight is 337 g/mol. The number of nitrogens with zero attached hydrogens (tertiary/aromatic N) is 2. The van der Waals surface area contributed by atoms with Gasteiger partial charge in [-0.05, 0) is 24.3 Å². The van der Waals surface area contributed by atoms with Crippen LogP contribution in [0.3, 0.4) is 0 Å². The third-order valence-electron chi connectivity index (χ3n) is 3.11. The maximum absolute atomic E-state index is 12.8. The van der Waals surface area contributed by atoms with Crippen molar-refractivity contribution in [2.24, 2.45) is 11.0 Å². The Labute approximate surface area is 116 Å². The van der Waals surface area contributed by atoms with Crippen LogP contribution in [0.4, 0.5) is 18.9 Å². The van der Waals surface area contributed by atoms with Gasteiger partial charge in [-0.2, -0.15) is 18.3 Å². The predicted octanol–water partition coefficient (Wildman–Crippen LogP) is 3.18. The lowest BCUT2D eigenvalue weighted by atomic mass is 9.98. The molecule has 104 valence electrons. The number of hydrazone groups is 1. The summed E-state index contributed by atoms with van der Waals surface area (Å²) in [6, 6.07) is 6.05. The van der Waals surface area contributed by atoms with Crippen LogP contribution < -0.4 is 5.01 Å². The van der Waals surface area contributed by atoms with E-state index in [0.717, 1.165) is 4.47 Å². The molecule has 0 fully saturated rings. The second kappa shape index (κ2) is 5.13. The summed E-state index contributed by atoms with van der Waals surface area (Å²) < 4.78 is 39.3. The normalized spacial score (nSPS) is 23.7. The molecule has 3 nitrogen and oxygen atoms in total. The highest BCUT2D eigenvalue weighted by Gasteiger charge is 2.48. The van der Waals surface area contributed by atoms with E-state index < -0.39 is 23.8 Å². The van der Waals surface area contributed by atoms with Gasteiger partial charge in [-0.15, -0.1) is 0 Å². The number of alkyl halides is 3. The summed E-state index contributed by atoms with van der Waals surface area (Å²) in [5, 5.41) is 14.2. The van der Waals surface area contributed by atoms with E-state index in [1.165, 1.54) is 11.9 Å². The highest BCUT2D eigenvalue weighted by Crippen LogP contribution is 2.34. The maximum Gasteiger partial charge on any atom is 0.431 e. The number of aliphatic hydroxyl groups is 1. The number of rotatable bonds is 2. The van der Waals surface area contributed by atoms with Crippen molar-refractivity contribution >= 4 is 27.3 Å². The average Bonchev–Trinajstić information content (AvgIpc) is 2.67. The minimum Gasteiger partial charge on any atom is -0.394 e. The Morgan fingerprint density at radius 1 is 1.32 bits per heavy atom. The molecule has 0 spiro atoms. The summed E-state index contributed by atoms with van der Waals surface area (Å²) in [7, 11) is 0. The molecule has 0 bridgehead atoms. The molecule has 0 aromatic heterocycles. The quantitative estimate of drug-likeness (QED) is 0.900. The fourth-order valence-corrected chi connectivity index (χ4v) is 2.33.